The van der Waals surface area contributed by atoms with E-state index in [4.69, 9.17) is 5.73 Å². The number of nitrogens with zero attached hydrogens (tertiary/aromatic N) is 1. The van der Waals surface area contributed by atoms with Gasteiger partial charge in [0.2, 0.25) is 0 Å². The predicted octanol–water partition coefficient (Wildman–Crippen LogP) is 2.01. The molecule has 2 heteroatoms. The summed E-state index contributed by atoms with van der Waals surface area (Å²) < 4.78 is 0. The summed E-state index contributed by atoms with van der Waals surface area (Å²) in [6, 6.07) is 14.8. The second-order valence-corrected chi connectivity index (χ2v) is 3.04. The Morgan fingerprint density at radius 3 is 2.50 bits per heavy atom. The van der Waals surface area contributed by atoms with Crippen molar-refractivity contribution in [1.82, 2.24) is 4.98 Å². The van der Waals surface area contributed by atoms with Crippen LogP contribution in [0.3, 0.4) is 0 Å². The highest BCUT2D eigenvalue weighted by molar-refractivity contribution is 5.58. The summed E-state index contributed by atoms with van der Waals surface area (Å²) in [6.07, 6.45) is 1.67. The van der Waals surface area contributed by atoms with Crippen LogP contribution in [0.1, 0.15) is 5.56 Å². The molecule has 0 atom stereocenters. The molecule has 2 rings (SSSR count). The van der Waals surface area contributed by atoms with Crippen LogP contribution >= 0.6 is 0 Å². The third kappa shape index (κ3) is 1.80. The third-order valence-electron chi connectivity index (χ3n) is 2.10. The lowest BCUT2D eigenvalue weighted by atomic mass is 10.1. The first-order valence-electron chi connectivity index (χ1n) is 4.51. The number of benzene rings is 1. The first-order valence-corrected chi connectivity index (χ1v) is 4.51. The fourth-order valence-corrected chi connectivity index (χ4v) is 1.30. The molecule has 0 fully saturated rings. The summed E-state index contributed by atoms with van der Waals surface area (Å²) in [4.78, 5) is 4.22. The molecule has 14 heavy (non-hydrogen) atoms. The van der Waals surface area contributed by atoms with Crippen molar-refractivity contribution >= 4 is 0 Å². The van der Waals surface area contributed by atoms with Crippen LogP contribution in [0.15, 0.2) is 42.6 Å². The minimum absolute atomic E-state index is 0.580. The molecule has 0 amide bonds. The van der Waals surface area contributed by atoms with E-state index in [0.717, 1.165) is 16.8 Å². The zero-order chi connectivity index (χ0) is 9.80. The smallest absolute Gasteiger partial charge is 0.0702 e. The molecule has 0 spiro atoms. The van der Waals surface area contributed by atoms with E-state index in [-0.39, 0.29) is 0 Å². The molecule has 0 bridgehead atoms. The molecule has 1 aromatic heterocycles. The van der Waals surface area contributed by atoms with Gasteiger partial charge in [-0.3, -0.25) is 4.98 Å². The van der Waals surface area contributed by atoms with Crippen molar-refractivity contribution in [2.75, 3.05) is 0 Å². The maximum Gasteiger partial charge on any atom is 0.0702 e. The summed E-state index contributed by atoms with van der Waals surface area (Å²) in [7, 11) is 0. The normalized spacial score (nSPS) is 10.1. The van der Waals surface area contributed by atoms with Crippen molar-refractivity contribution in [3.05, 3.63) is 54.2 Å². The van der Waals surface area contributed by atoms with E-state index >= 15 is 0 Å². The molecule has 1 heterocycles. The van der Waals surface area contributed by atoms with E-state index in [1.165, 1.54) is 0 Å². The Labute approximate surface area is 83.4 Å². The minimum atomic E-state index is 0.580. The highest BCUT2D eigenvalue weighted by atomic mass is 14.7. The quantitative estimate of drug-likeness (QED) is 0.773. The molecule has 1 aromatic carbocycles. The SMILES string of the molecule is NCc1ccc(-c2cc[c]cn2)cc1. The molecule has 1 radical (unpaired) electrons. The Kier molecular flexibility index (Phi) is 2.56. The highest BCUT2D eigenvalue weighted by Gasteiger charge is 1.96. The number of aromatic nitrogens is 1. The fourth-order valence-electron chi connectivity index (χ4n) is 1.30. The highest BCUT2D eigenvalue weighted by Crippen LogP contribution is 2.16. The van der Waals surface area contributed by atoms with Crippen molar-refractivity contribution in [1.29, 1.82) is 0 Å². The van der Waals surface area contributed by atoms with Crippen molar-refractivity contribution in [3.8, 4) is 11.3 Å². The maximum atomic E-state index is 5.52. The first kappa shape index (κ1) is 8.91. The second-order valence-electron chi connectivity index (χ2n) is 3.04. The lowest BCUT2D eigenvalue weighted by molar-refractivity contribution is 1.07. The Bertz CT molecular complexity index is 392. The van der Waals surface area contributed by atoms with Crippen LogP contribution in [-0.2, 0) is 6.54 Å². The topological polar surface area (TPSA) is 38.9 Å². The van der Waals surface area contributed by atoms with Gasteiger partial charge in [0.05, 0.1) is 5.69 Å². The third-order valence-corrected chi connectivity index (χ3v) is 2.10. The number of pyridine rings is 1. The average Bonchev–Trinajstić information content (AvgIpc) is 2.30. The second kappa shape index (κ2) is 4.03. The Morgan fingerprint density at radius 2 is 1.93 bits per heavy atom. The van der Waals surface area contributed by atoms with Crippen molar-refractivity contribution in [2.24, 2.45) is 5.73 Å². The molecule has 0 aliphatic rings. The lowest BCUT2D eigenvalue weighted by Crippen LogP contribution is -1.95. The van der Waals surface area contributed by atoms with E-state index in [0.29, 0.717) is 6.54 Å². The first-order chi connectivity index (χ1) is 6.90. The number of hydrogen-bond acceptors (Lipinski definition) is 2. The molecule has 69 valence electrons. The zero-order valence-electron chi connectivity index (χ0n) is 7.77. The Balaban J connectivity index is 2.34. The van der Waals surface area contributed by atoms with Crippen LogP contribution in [0.5, 0.6) is 0 Å². The molecule has 0 saturated carbocycles. The molecule has 2 aromatic rings. The van der Waals surface area contributed by atoms with Gasteiger partial charge in [-0.05, 0) is 11.6 Å². The van der Waals surface area contributed by atoms with Crippen LogP contribution in [0.25, 0.3) is 11.3 Å². The maximum absolute atomic E-state index is 5.52. The lowest BCUT2D eigenvalue weighted by Gasteiger charge is -2.01. The molecule has 0 saturated heterocycles. The number of rotatable bonds is 2. The van der Waals surface area contributed by atoms with Crippen LogP contribution in [0.4, 0.5) is 0 Å². The van der Waals surface area contributed by atoms with Gasteiger partial charge in [0.15, 0.2) is 0 Å². The number of hydrogen-bond donors (Lipinski definition) is 1. The van der Waals surface area contributed by atoms with Gasteiger partial charge >= 0.3 is 0 Å². The van der Waals surface area contributed by atoms with Gasteiger partial charge < -0.3 is 5.73 Å². The van der Waals surface area contributed by atoms with E-state index in [1.54, 1.807) is 6.20 Å². The fraction of sp³-hybridized carbons (Fsp3) is 0.0833. The van der Waals surface area contributed by atoms with E-state index in [2.05, 4.69) is 11.1 Å². The van der Waals surface area contributed by atoms with E-state index in [9.17, 15) is 0 Å². The molecule has 2 N–H and O–H groups in total. The van der Waals surface area contributed by atoms with Gasteiger partial charge in [-0.15, -0.1) is 0 Å². The van der Waals surface area contributed by atoms with Crippen LogP contribution in [0, 0.1) is 6.07 Å². The van der Waals surface area contributed by atoms with Crippen molar-refractivity contribution in [3.63, 3.8) is 0 Å². The van der Waals surface area contributed by atoms with Gasteiger partial charge in [0, 0.05) is 24.4 Å². The van der Waals surface area contributed by atoms with Crippen LogP contribution < -0.4 is 5.73 Å². The molecular weight excluding hydrogens is 172 g/mol. The van der Waals surface area contributed by atoms with Gasteiger partial charge in [0.25, 0.3) is 0 Å². The van der Waals surface area contributed by atoms with E-state index < -0.39 is 0 Å². The van der Waals surface area contributed by atoms with Crippen molar-refractivity contribution in [2.45, 2.75) is 6.54 Å². The van der Waals surface area contributed by atoms with Gasteiger partial charge in [0.1, 0.15) is 0 Å². The molecular formula is C12H11N2. The predicted molar refractivity (Wildman–Crippen MR) is 56.4 cm³/mol. The summed E-state index contributed by atoms with van der Waals surface area (Å²) in [5.74, 6) is 0. The standard InChI is InChI=1S/C12H11N2/c13-9-10-4-6-11(7-5-10)12-3-1-2-8-14-12/h1,3-8H,9,13H2. The zero-order valence-corrected chi connectivity index (χ0v) is 7.77. The summed E-state index contributed by atoms with van der Waals surface area (Å²) in [5, 5.41) is 0. The van der Waals surface area contributed by atoms with Gasteiger partial charge in [-0.1, -0.05) is 30.3 Å². The summed E-state index contributed by atoms with van der Waals surface area (Å²) in [5.41, 5.74) is 8.73. The Morgan fingerprint density at radius 1 is 1.14 bits per heavy atom. The Hall–Kier alpha value is -1.67. The van der Waals surface area contributed by atoms with E-state index in [1.807, 2.05) is 36.4 Å². The van der Waals surface area contributed by atoms with Gasteiger partial charge in [-0.25, -0.2) is 0 Å². The van der Waals surface area contributed by atoms with Crippen LogP contribution in [0.2, 0.25) is 0 Å². The summed E-state index contributed by atoms with van der Waals surface area (Å²) >= 11 is 0. The van der Waals surface area contributed by atoms with Gasteiger partial charge in [-0.2, -0.15) is 0 Å². The summed E-state index contributed by atoms with van der Waals surface area (Å²) in [6.45, 7) is 0.580. The molecule has 2 nitrogen and oxygen atoms in total. The molecule has 0 unspecified atom stereocenters. The minimum Gasteiger partial charge on any atom is -0.326 e. The molecule has 0 aliphatic carbocycles. The monoisotopic (exact) mass is 183 g/mol. The van der Waals surface area contributed by atoms with Crippen molar-refractivity contribution < 1.29 is 0 Å². The van der Waals surface area contributed by atoms with Crippen LogP contribution in [-0.4, -0.2) is 4.98 Å². The molecule has 0 aliphatic heterocycles. The largest absolute Gasteiger partial charge is 0.326 e. The number of nitrogens with two attached hydrogens (primary N) is 1. The average molecular weight is 183 g/mol.